The molecule has 0 spiro atoms. The second kappa shape index (κ2) is 9.34. The highest BCUT2D eigenvalue weighted by Crippen LogP contribution is 2.33. The van der Waals surface area contributed by atoms with E-state index in [1.165, 1.54) is 40.6 Å². The van der Waals surface area contributed by atoms with Crippen molar-refractivity contribution in [2.75, 3.05) is 28.4 Å². The fourth-order valence-electron chi connectivity index (χ4n) is 3.36. The second-order valence-corrected chi connectivity index (χ2v) is 6.66. The molecule has 0 saturated heterocycles. The topological polar surface area (TPSA) is 101 Å². The van der Waals surface area contributed by atoms with E-state index in [1.807, 2.05) is 0 Å². The Morgan fingerprint density at radius 1 is 0.903 bits per heavy atom. The van der Waals surface area contributed by atoms with E-state index < -0.39 is 17.5 Å². The number of benzene rings is 2. The number of rotatable bonds is 8. The third-order valence-corrected chi connectivity index (χ3v) is 4.94. The molecule has 0 bridgehead atoms. The van der Waals surface area contributed by atoms with Gasteiger partial charge in [0.15, 0.2) is 17.3 Å². The fraction of sp³-hybridized carbons (Fsp3) is 0.261. The molecular weight excluding hydrogens is 404 g/mol. The van der Waals surface area contributed by atoms with Crippen molar-refractivity contribution in [1.29, 1.82) is 0 Å². The fourth-order valence-corrected chi connectivity index (χ4v) is 3.36. The number of ether oxygens (including phenoxy) is 4. The maximum atomic E-state index is 13.0. The minimum atomic E-state index is -1.01. The van der Waals surface area contributed by atoms with Crippen LogP contribution in [0.1, 0.15) is 28.3 Å². The zero-order valence-electron chi connectivity index (χ0n) is 17.6. The third-order valence-electron chi connectivity index (χ3n) is 4.94. The lowest BCUT2D eigenvalue weighted by molar-refractivity contribution is -0.142. The third kappa shape index (κ3) is 4.53. The number of fused-ring (bicyclic) bond motifs is 1. The summed E-state index contributed by atoms with van der Waals surface area (Å²) in [6.45, 7) is 0. The van der Waals surface area contributed by atoms with E-state index in [0.717, 1.165) is 0 Å². The summed E-state index contributed by atoms with van der Waals surface area (Å²) in [7, 11) is 5.68. The van der Waals surface area contributed by atoms with E-state index in [2.05, 4.69) is 0 Å². The predicted molar refractivity (Wildman–Crippen MR) is 112 cm³/mol. The van der Waals surface area contributed by atoms with Crippen LogP contribution in [0.2, 0.25) is 0 Å². The van der Waals surface area contributed by atoms with E-state index in [1.54, 1.807) is 30.3 Å². The van der Waals surface area contributed by atoms with E-state index in [4.69, 9.17) is 23.4 Å². The first kappa shape index (κ1) is 21.9. The average Bonchev–Trinajstić information content (AvgIpc) is 2.80. The maximum Gasteiger partial charge on any atom is 0.336 e. The van der Waals surface area contributed by atoms with Crippen LogP contribution in [0, 0.1) is 0 Å². The summed E-state index contributed by atoms with van der Waals surface area (Å²) < 4.78 is 25.8. The Labute approximate surface area is 178 Å². The SMILES string of the molecule is COC(=O)[C@H](CC(=O)c1ccc(OC)c(OC)c1)c1cc(=O)oc2cc(OC)ccc12. The zero-order valence-corrected chi connectivity index (χ0v) is 17.6. The number of methoxy groups -OCH3 is 4. The standard InChI is InChI=1S/C23H22O8/c1-27-14-6-7-15-16(12-22(25)31-20(15)10-14)17(23(26)30-4)11-18(24)13-5-8-19(28-2)21(9-13)29-3/h5-10,12,17H,11H2,1-4H3/t17-/m1/s1. The number of carbonyl (C=O) groups is 2. The summed E-state index contributed by atoms with van der Waals surface area (Å²) in [4.78, 5) is 37.8. The van der Waals surface area contributed by atoms with Crippen LogP contribution in [0.4, 0.5) is 0 Å². The molecular formula is C23H22O8. The Morgan fingerprint density at radius 2 is 1.65 bits per heavy atom. The van der Waals surface area contributed by atoms with E-state index in [0.29, 0.717) is 33.8 Å². The number of carbonyl (C=O) groups excluding carboxylic acids is 2. The Kier molecular flexibility index (Phi) is 6.59. The van der Waals surface area contributed by atoms with Gasteiger partial charge in [0.25, 0.3) is 0 Å². The van der Waals surface area contributed by atoms with Gasteiger partial charge < -0.3 is 23.4 Å². The number of Topliss-reactive ketones (excluding diaryl/α,β-unsaturated/α-hetero) is 1. The van der Waals surface area contributed by atoms with Crippen molar-refractivity contribution in [3.05, 3.63) is 64.0 Å². The minimum Gasteiger partial charge on any atom is -0.497 e. The number of hydrogen-bond acceptors (Lipinski definition) is 8. The molecule has 2 aromatic carbocycles. The van der Waals surface area contributed by atoms with Crippen LogP contribution in [-0.4, -0.2) is 40.2 Å². The molecule has 0 saturated carbocycles. The largest absolute Gasteiger partial charge is 0.497 e. The number of hydrogen-bond donors (Lipinski definition) is 0. The Hall–Kier alpha value is -3.81. The van der Waals surface area contributed by atoms with Gasteiger partial charge in [0.1, 0.15) is 11.3 Å². The van der Waals surface area contributed by atoms with Gasteiger partial charge in [0, 0.05) is 29.5 Å². The quantitative estimate of drug-likeness (QED) is 0.307. The number of ketones is 1. The van der Waals surface area contributed by atoms with Gasteiger partial charge in [-0.1, -0.05) is 0 Å². The molecule has 0 radical (unpaired) electrons. The van der Waals surface area contributed by atoms with Gasteiger partial charge in [0.2, 0.25) is 0 Å². The second-order valence-electron chi connectivity index (χ2n) is 6.66. The molecule has 1 aromatic heterocycles. The molecule has 3 aromatic rings. The lowest BCUT2D eigenvalue weighted by Crippen LogP contribution is -2.20. The van der Waals surface area contributed by atoms with Crippen molar-refractivity contribution >= 4 is 22.7 Å². The Balaban J connectivity index is 2.05. The molecule has 0 fully saturated rings. The molecule has 1 heterocycles. The van der Waals surface area contributed by atoms with Gasteiger partial charge in [-0.25, -0.2) is 4.79 Å². The highest BCUT2D eigenvalue weighted by molar-refractivity contribution is 6.01. The van der Waals surface area contributed by atoms with E-state index in [9.17, 15) is 14.4 Å². The Morgan fingerprint density at radius 3 is 2.29 bits per heavy atom. The summed E-state index contributed by atoms with van der Waals surface area (Å²) in [6, 6.07) is 10.8. The smallest absolute Gasteiger partial charge is 0.336 e. The molecule has 162 valence electrons. The molecule has 0 aliphatic carbocycles. The van der Waals surface area contributed by atoms with Gasteiger partial charge in [0.05, 0.1) is 34.4 Å². The zero-order chi connectivity index (χ0) is 22.5. The van der Waals surface area contributed by atoms with Crippen LogP contribution in [0.15, 0.2) is 51.7 Å². The average molecular weight is 426 g/mol. The predicted octanol–water partition coefficient (Wildman–Crippen LogP) is 3.35. The summed E-state index contributed by atoms with van der Waals surface area (Å²) in [5.41, 5.74) is 0.271. The molecule has 3 rings (SSSR count). The lowest BCUT2D eigenvalue weighted by atomic mass is 9.89. The first-order valence-corrected chi connectivity index (χ1v) is 9.36. The molecule has 8 nitrogen and oxygen atoms in total. The van der Waals surface area contributed by atoms with Crippen molar-refractivity contribution in [2.45, 2.75) is 12.3 Å². The van der Waals surface area contributed by atoms with Crippen LogP contribution in [0.5, 0.6) is 17.2 Å². The van der Waals surface area contributed by atoms with Crippen molar-refractivity contribution in [3.8, 4) is 17.2 Å². The van der Waals surface area contributed by atoms with Gasteiger partial charge >= 0.3 is 11.6 Å². The summed E-state index contributed by atoms with van der Waals surface area (Å²) in [5, 5.41) is 0.510. The molecule has 0 N–H and O–H groups in total. The molecule has 0 unspecified atom stereocenters. The summed E-state index contributed by atoms with van der Waals surface area (Å²) >= 11 is 0. The van der Waals surface area contributed by atoms with E-state index in [-0.39, 0.29) is 17.8 Å². The summed E-state index contributed by atoms with van der Waals surface area (Å²) in [6.07, 6.45) is -0.216. The lowest BCUT2D eigenvalue weighted by Gasteiger charge is -2.17. The molecule has 0 amide bonds. The highest BCUT2D eigenvalue weighted by Gasteiger charge is 2.28. The first-order valence-electron chi connectivity index (χ1n) is 9.36. The van der Waals surface area contributed by atoms with Crippen LogP contribution < -0.4 is 19.8 Å². The maximum absolute atomic E-state index is 13.0. The number of esters is 1. The Bertz CT molecular complexity index is 1180. The molecule has 0 aliphatic heterocycles. The van der Waals surface area contributed by atoms with E-state index >= 15 is 0 Å². The molecule has 8 heteroatoms. The monoisotopic (exact) mass is 426 g/mol. The van der Waals surface area contributed by atoms with Crippen LogP contribution in [0.25, 0.3) is 11.0 Å². The van der Waals surface area contributed by atoms with Crippen molar-refractivity contribution < 1.29 is 33.0 Å². The van der Waals surface area contributed by atoms with Gasteiger partial charge in [-0.15, -0.1) is 0 Å². The summed E-state index contributed by atoms with van der Waals surface area (Å²) in [5.74, 6) is -0.623. The van der Waals surface area contributed by atoms with Crippen LogP contribution in [0.3, 0.4) is 0 Å². The van der Waals surface area contributed by atoms with Crippen LogP contribution in [-0.2, 0) is 9.53 Å². The normalized spacial score (nSPS) is 11.6. The minimum absolute atomic E-state index is 0.216. The van der Waals surface area contributed by atoms with Crippen molar-refractivity contribution in [1.82, 2.24) is 0 Å². The van der Waals surface area contributed by atoms with Gasteiger partial charge in [-0.2, -0.15) is 0 Å². The highest BCUT2D eigenvalue weighted by atomic mass is 16.5. The van der Waals surface area contributed by atoms with Crippen molar-refractivity contribution in [2.24, 2.45) is 0 Å². The molecule has 1 atom stereocenters. The van der Waals surface area contributed by atoms with Gasteiger partial charge in [-0.05, 0) is 35.9 Å². The van der Waals surface area contributed by atoms with Crippen molar-refractivity contribution in [3.63, 3.8) is 0 Å². The molecule has 0 aliphatic rings. The first-order chi connectivity index (χ1) is 14.9. The van der Waals surface area contributed by atoms with Gasteiger partial charge in [-0.3, -0.25) is 9.59 Å². The van der Waals surface area contributed by atoms with Crippen LogP contribution >= 0.6 is 0 Å². The molecule has 31 heavy (non-hydrogen) atoms.